The Balaban J connectivity index is 2.46. The number of nitrogens with one attached hydrogen (secondary N) is 1. The largest absolute Gasteiger partial charge is 0.314 e. The van der Waals surface area contributed by atoms with E-state index in [0.29, 0.717) is 19.6 Å². The maximum Gasteiger partial charge on any atom is 0.244 e. The molecule has 1 aliphatic rings. The first kappa shape index (κ1) is 16.9. The van der Waals surface area contributed by atoms with E-state index in [1.165, 1.54) is 22.5 Å². The van der Waals surface area contributed by atoms with Crippen molar-refractivity contribution in [1.29, 1.82) is 0 Å². The van der Waals surface area contributed by atoms with Crippen molar-refractivity contribution in [1.82, 2.24) is 9.62 Å². The molecule has 1 saturated heterocycles. The van der Waals surface area contributed by atoms with Gasteiger partial charge >= 0.3 is 0 Å². The molecule has 9 heteroatoms. The molecule has 1 aromatic carbocycles. The molecule has 0 radical (unpaired) electrons. The van der Waals surface area contributed by atoms with Gasteiger partial charge < -0.3 is 5.32 Å². The van der Waals surface area contributed by atoms with Crippen LogP contribution in [0, 0.1) is 0 Å². The lowest BCUT2D eigenvalue weighted by atomic mass is 10.3. The summed E-state index contributed by atoms with van der Waals surface area (Å²) in [6.45, 7) is 3.42. The fourth-order valence-corrected chi connectivity index (χ4v) is 5.70. The summed E-state index contributed by atoms with van der Waals surface area (Å²) < 4.78 is 50.1. The Morgan fingerprint density at radius 3 is 2.48 bits per heavy atom. The molecule has 1 fully saturated rings. The summed E-state index contributed by atoms with van der Waals surface area (Å²) in [5, 5.41) is 3.13. The monoisotopic (exact) mass is 396 g/mol. The second kappa shape index (κ2) is 5.96. The van der Waals surface area contributed by atoms with Gasteiger partial charge in [-0.3, -0.25) is 0 Å². The molecule has 0 unspecified atom stereocenters. The molecule has 6 nitrogen and oxygen atoms in total. The van der Waals surface area contributed by atoms with E-state index in [2.05, 4.69) is 21.2 Å². The van der Waals surface area contributed by atoms with Crippen LogP contribution in [-0.2, 0) is 19.9 Å². The smallest absolute Gasteiger partial charge is 0.244 e. The van der Waals surface area contributed by atoms with E-state index in [-0.39, 0.29) is 20.3 Å². The molecule has 21 heavy (non-hydrogen) atoms. The van der Waals surface area contributed by atoms with Gasteiger partial charge in [-0.05, 0) is 41.1 Å². The number of nitrogens with zero attached hydrogens (tertiary/aromatic N) is 1. The molecule has 1 aliphatic heterocycles. The fraction of sp³-hybridized carbons (Fsp3) is 0.500. The van der Waals surface area contributed by atoms with Crippen molar-refractivity contribution in [3.63, 3.8) is 0 Å². The van der Waals surface area contributed by atoms with Gasteiger partial charge in [-0.2, -0.15) is 4.31 Å². The van der Waals surface area contributed by atoms with Crippen molar-refractivity contribution in [2.24, 2.45) is 0 Å². The van der Waals surface area contributed by atoms with E-state index in [9.17, 15) is 16.8 Å². The van der Waals surface area contributed by atoms with E-state index in [1.807, 2.05) is 6.92 Å². The number of halogens is 1. The van der Waals surface area contributed by atoms with Crippen molar-refractivity contribution in [2.45, 2.75) is 22.8 Å². The minimum Gasteiger partial charge on any atom is -0.314 e. The zero-order chi connectivity index (χ0) is 15.8. The van der Waals surface area contributed by atoms with Crippen LogP contribution in [0.3, 0.4) is 0 Å². The molecule has 0 amide bonds. The third-order valence-electron chi connectivity index (χ3n) is 3.36. The Kier molecular flexibility index (Phi) is 4.79. The molecule has 0 spiro atoms. The van der Waals surface area contributed by atoms with Crippen LogP contribution in [0.4, 0.5) is 0 Å². The van der Waals surface area contributed by atoms with Crippen LogP contribution >= 0.6 is 15.9 Å². The maximum atomic E-state index is 12.7. The average Bonchev–Trinajstić information content (AvgIpc) is 2.37. The highest BCUT2D eigenvalue weighted by molar-refractivity contribution is 9.10. The lowest BCUT2D eigenvalue weighted by molar-refractivity contribution is 0.283. The summed E-state index contributed by atoms with van der Waals surface area (Å²) in [4.78, 5) is 0.172. The van der Waals surface area contributed by atoms with Gasteiger partial charge in [0.05, 0.1) is 9.79 Å². The van der Waals surface area contributed by atoms with Gasteiger partial charge in [-0.15, -0.1) is 0 Å². The summed E-state index contributed by atoms with van der Waals surface area (Å²) in [5.74, 6) is 0. The SMILES string of the molecule is C[C@@H]1CNCCN1S(=O)(=O)c1ccc(S(C)(=O)=O)cc1Br. The van der Waals surface area contributed by atoms with Gasteiger partial charge in [-0.1, -0.05) is 0 Å². The molecule has 1 heterocycles. The molecule has 0 saturated carbocycles. The van der Waals surface area contributed by atoms with Gasteiger partial charge in [0.15, 0.2) is 9.84 Å². The van der Waals surface area contributed by atoms with Crippen molar-refractivity contribution in [3.8, 4) is 0 Å². The van der Waals surface area contributed by atoms with Crippen LogP contribution < -0.4 is 5.32 Å². The van der Waals surface area contributed by atoms with Crippen LogP contribution in [0.1, 0.15) is 6.92 Å². The number of sulfonamides is 1. The van der Waals surface area contributed by atoms with Crippen LogP contribution in [0.25, 0.3) is 0 Å². The minimum atomic E-state index is -3.65. The molecule has 2 rings (SSSR count). The first-order chi connectivity index (χ1) is 9.64. The molecule has 1 atom stereocenters. The first-order valence-electron chi connectivity index (χ1n) is 6.36. The van der Waals surface area contributed by atoms with Gasteiger partial charge in [-0.25, -0.2) is 16.8 Å². The third kappa shape index (κ3) is 3.48. The van der Waals surface area contributed by atoms with E-state index in [1.54, 1.807) is 0 Å². The van der Waals surface area contributed by atoms with Gasteiger partial charge in [0, 0.05) is 36.4 Å². The molecular formula is C12H17BrN2O4S2. The number of benzene rings is 1. The Hall–Kier alpha value is -0.480. The Labute approximate surface area is 133 Å². The highest BCUT2D eigenvalue weighted by atomic mass is 79.9. The normalized spacial score (nSPS) is 21.4. The van der Waals surface area contributed by atoms with Crippen LogP contribution in [0.2, 0.25) is 0 Å². The van der Waals surface area contributed by atoms with Crippen molar-refractivity contribution >= 4 is 35.8 Å². The lowest BCUT2D eigenvalue weighted by Crippen LogP contribution is -2.52. The Morgan fingerprint density at radius 1 is 1.29 bits per heavy atom. The summed E-state index contributed by atoms with van der Waals surface area (Å²) >= 11 is 3.18. The fourth-order valence-electron chi connectivity index (χ4n) is 2.23. The molecule has 0 aliphatic carbocycles. The summed E-state index contributed by atoms with van der Waals surface area (Å²) in [6.07, 6.45) is 1.08. The molecule has 118 valence electrons. The molecule has 0 aromatic heterocycles. The zero-order valence-electron chi connectivity index (χ0n) is 11.7. The average molecular weight is 397 g/mol. The van der Waals surface area contributed by atoms with Gasteiger partial charge in [0.1, 0.15) is 0 Å². The van der Waals surface area contributed by atoms with E-state index < -0.39 is 19.9 Å². The number of hydrogen-bond donors (Lipinski definition) is 1. The van der Waals surface area contributed by atoms with E-state index >= 15 is 0 Å². The van der Waals surface area contributed by atoms with Crippen molar-refractivity contribution < 1.29 is 16.8 Å². The highest BCUT2D eigenvalue weighted by Crippen LogP contribution is 2.29. The number of rotatable bonds is 3. The summed E-state index contributed by atoms with van der Waals surface area (Å²) in [5.41, 5.74) is 0. The van der Waals surface area contributed by atoms with Crippen LogP contribution in [-0.4, -0.2) is 53.1 Å². The standard InChI is InChI=1S/C12H17BrN2O4S2/c1-9-8-14-5-6-15(9)21(18,19)12-4-3-10(7-11(12)13)20(2,16)17/h3-4,7,9,14H,5-6,8H2,1-2H3/t9-/m1/s1. The van der Waals surface area contributed by atoms with Gasteiger partial charge in [0.25, 0.3) is 0 Å². The number of sulfone groups is 1. The zero-order valence-corrected chi connectivity index (χ0v) is 14.9. The molecule has 0 bridgehead atoms. The molecule has 1 N–H and O–H groups in total. The second-order valence-electron chi connectivity index (χ2n) is 5.03. The van der Waals surface area contributed by atoms with Crippen LogP contribution in [0.15, 0.2) is 32.5 Å². The second-order valence-corrected chi connectivity index (χ2v) is 9.76. The maximum absolute atomic E-state index is 12.7. The van der Waals surface area contributed by atoms with Crippen molar-refractivity contribution in [3.05, 3.63) is 22.7 Å². The predicted octanol–water partition coefficient (Wildman–Crippen LogP) is 0.835. The summed E-state index contributed by atoms with van der Waals surface area (Å²) in [6, 6.07) is 3.84. The van der Waals surface area contributed by atoms with Gasteiger partial charge in [0.2, 0.25) is 10.0 Å². The topological polar surface area (TPSA) is 83.6 Å². The Morgan fingerprint density at radius 2 is 1.95 bits per heavy atom. The molecular weight excluding hydrogens is 380 g/mol. The van der Waals surface area contributed by atoms with E-state index in [4.69, 9.17) is 0 Å². The quantitative estimate of drug-likeness (QED) is 0.817. The minimum absolute atomic E-state index is 0.0849. The van der Waals surface area contributed by atoms with Crippen LogP contribution in [0.5, 0.6) is 0 Å². The van der Waals surface area contributed by atoms with Crippen molar-refractivity contribution in [2.75, 3.05) is 25.9 Å². The lowest BCUT2D eigenvalue weighted by Gasteiger charge is -2.33. The number of hydrogen-bond acceptors (Lipinski definition) is 5. The highest BCUT2D eigenvalue weighted by Gasteiger charge is 2.32. The summed E-state index contributed by atoms with van der Waals surface area (Å²) in [7, 11) is -7.02. The number of piperazine rings is 1. The Bertz CT molecular complexity index is 747. The first-order valence-corrected chi connectivity index (χ1v) is 10.5. The van der Waals surface area contributed by atoms with E-state index in [0.717, 1.165) is 6.26 Å². The molecule has 1 aromatic rings. The predicted molar refractivity (Wildman–Crippen MR) is 83.5 cm³/mol. The third-order valence-corrected chi connectivity index (χ3v) is 7.46.